The van der Waals surface area contributed by atoms with Gasteiger partial charge in [-0.3, -0.25) is 0 Å². The van der Waals surface area contributed by atoms with E-state index in [9.17, 15) is 0 Å². The number of anilines is 1. The number of aromatic nitrogens is 2. The summed E-state index contributed by atoms with van der Waals surface area (Å²) in [6.07, 6.45) is 0.994. The van der Waals surface area contributed by atoms with Crippen LogP contribution in [0, 0.1) is 10.5 Å². The number of hydrogen-bond donors (Lipinski definition) is 1. The van der Waals surface area contributed by atoms with Crippen LogP contribution < -0.4 is 10.1 Å². The van der Waals surface area contributed by atoms with E-state index in [-0.39, 0.29) is 0 Å². The minimum atomic E-state index is 0.721. The van der Waals surface area contributed by atoms with Crippen LogP contribution in [0.3, 0.4) is 0 Å². The van der Waals surface area contributed by atoms with Crippen molar-refractivity contribution in [2.75, 3.05) is 18.5 Å². The molecule has 2 aromatic rings. The zero-order chi connectivity index (χ0) is 15.2. The number of nitrogens with one attached hydrogen (secondary N) is 1. The van der Waals surface area contributed by atoms with Crippen LogP contribution in [0.4, 0.5) is 5.82 Å². The van der Waals surface area contributed by atoms with Gasteiger partial charge in [-0.1, -0.05) is 19.1 Å². The minimum absolute atomic E-state index is 0.721. The Bertz CT molecular complexity index is 616. The van der Waals surface area contributed by atoms with Crippen LogP contribution >= 0.6 is 22.6 Å². The molecule has 1 N–H and O–H groups in total. The summed E-state index contributed by atoms with van der Waals surface area (Å²) in [6, 6.07) is 7.94. The Hall–Kier alpha value is -1.37. The van der Waals surface area contributed by atoms with Gasteiger partial charge in [-0.15, -0.1) is 0 Å². The Labute approximate surface area is 139 Å². The van der Waals surface area contributed by atoms with E-state index < -0.39 is 0 Å². The third kappa shape index (κ3) is 4.06. The summed E-state index contributed by atoms with van der Waals surface area (Å²) in [5.74, 6) is 2.48. The molecule has 21 heavy (non-hydrogen) atoms. The molecule has 1 aromatic heterocycles. The zero-order valence-electron chi connectivity index (χ0n) is 12.6. The highest BCUT2D eigenvalue weighted by atomic mass is 127. The number of hydrogen-bond acceptors (Lipinski definition) is 4. The molecule has 0 aliphatic carbocycles. The molecule has 1 aromatic carbocycles. The maximum Gasteiger partial charge on any atom is 0.161 e. The van der Waals surface area contributed by atoms with E-state index >= 15 is 0 Å². The van der Waals surface area contributed by atoms with Crippen molar-refractivity contribution in [1.29, 1.82) is 0 Å². The lowest BCUT2D eigenvalue weighted by Crippen LogP contribution is -2.06. The van der Waals surface area contributed by atoms with E-state index in [2.05, 4.69) is 51.7 Å². The van der Waals surface area contributed by atoms with Gasteiger partial charge < -0.3 is 10.1 Å². The van der Waals surface area contributed by atoms with Crippen LogP contribution in [-0.2, 0) is 0 Å². The average Bonchev–Trinajstić information content (AvgIpc) is 2.50. The summed E-state index contributed by atoms with van der Waals surface area (Å²) < 4.78 is 6.74. The van der Waals surface area contributed by atoms with Gasteiger partial charge in [0.05, 0.1) is 15.9 Å². The van der Waals surface area contributed by atoms with E-state index in [4.69, 9.17) is 4.74 Å². The highest BCUT2D eigenvalue weighted by Crippen LogP contribution is 2.26. The Morgan fingerprint density at radius 1 is 1.24 bits per heavy atom. The van der Waals surface area contributed by atoms with Crippen molar-refractivity contribution < 1.29 is 4.74 Å². The molecule has 0 saturated heterocycles. The van der Waals surface area contributed by atoms with Gasteiger partial charge in [-0.25, -0.2) is 9.97 Å². The molecule has 5 heteroatoms. The fourth-order valence-corrected chi connectivity index (χ4v) is 2.35. The van der Waals surface area contributed by atoms with Gasteiger partial charge in [-0.05, 0) is 55.0 Å². The van der Waals surface area contributed by atoms with Crippen molar-refractivity contribution in [3.8, 4) is 17.1 Å². The SMILES string of the molecule is CCCOc1cccc(-c2nc(C)c(I)c(NCC)n2)c1. The van der Waals surface area contributed by atoms with Gasteiger partial charge in [0.2, 0.25) is 0 Å². The molecule has 0 radical (unpaired) electrons. The second-order valence-electron chi connectivity index (χ2n) is 4.70. The third-order valence-corrected chi connectivity index (χ3v) is 4.22. The number of benzene rings is 1. The van der Waals surface area contributed by atoms with E-state index in [1.54, 1.807) is 0 Å². The molecule has 0 amide bonds. The van der Waals surface area contributed by atoms with Crippen molar-refractivity contribution in [3.63, 3.8) is 0 Å². The standard InChI is InChI=1S/C16H20IN3O/c1-4-9-21-13-8-6-7-12(10-13)15-19-11(3)14(17)16(20-15)18-5-2/h6-8,10H,4-5,9H2,1-3H3,(H,18,19,20). The van der Waals surface area contributed by atoms with E-state index in [0.29, 0.717) is 0 Å². The second kappa shape index (κ2) is 7.59. The smallest absolute Gasteiger partial charge is 0.161 e. The molecule has 112 valence electrons. The highest BCUT2D eigenvalue weighted by molar-refractivity contribution is 14.1. The lowest BCUT2D eigenvalue weighted by atomic mass is 10.2. The largest absolute Gasteiger partial charge is 0.494 e. The quantitative estimate of drug-likeness (QED) is 0.740. The normalized spacial score (nSPS) is 10.5. The molecule has 0 aliphatic rings. The van der Waals surface area contributed by atoms with Crippen molar-refractivity contribution in [2.45, 2.75) is 27.2 Å². The summed E-state index contributed by atoms with van der Waals surface area (Å²) in [7, 11) is 0. The molecular weight excluding hydrogens is 377 g/mol. The van der Waals surface area contributed by atoms with Crippen LogP contribution in [0.15, 0.2) is 24.3 Å². The molecule has 0 bridgehead atoms. The van der Waals surface area contributed by atoms with Gasteiger partial charge in [0.25, 0.3) is 0 Å². The molecule has 4 nitrogen and oxygen atoms in total. The molecule has 2 rings (SSSR count). The summed E-state index contributed by atoms with van der Waals surface area (Å²) in [5.41, 5.74) is 1.96. The lowest BCUT2D eigenvalue weighted by molar-refractivity contribution is 0.317. The Balaban J connectivity index is 2.37. The maximum atomic E-state index is 5.68. The first-order valence-electron chi connectivity index (χ1n) is 7.17. The van der Waals surface area contributed by atoms with Crippen LogP contribution in [0.5, 0.6) is 5.75 Å². The van der Waals surface area contributed by atoms with Gasteiger partial charge in [0.15, 0.2) is 5.82 Å². The minimum Gasteiger partial charge on any atom is -0.494 e. The lowest BCUT2D eigenvalue weighted by Gasteiger charge is -2.11. The monoisotopic (exact) mass is 397 g/mol. The molecule has 0 atom stereocenters. The topological polar surface area (TPSA) is 47.0 Å². The highest BCUT2D eigenvalue weighted by Gasteiger charge is 2.10. The predicted octanol–water partition coefficient (Wildman–Crippen LogP) is 4.28. The second-order valence-corrected chi connectivity index (χ2v) is 5.78. The van der Waals surface area contributed by atoms with Crippen molar-refractivity contribution in [1.82, 2.24) is 9.97 Å². The summed E-state index contributed by atoms with van der Waals surface area (Å²) in [5, 5.41) is 3.29. The molecule has 0 aliphatic heterocycles. The summed E-state index contributed by atoms with van der Waals surface area (Å²) in [4.78, 5) is 9.22. The Morgan fingerprint density at radius 2 is 2.05 bits per heavy atom. The van der Waals surface area contributed by atoms with Crippen molar-refractivity contribution in [2.24, 2.45) is 0 Å². The maximum absolute atomic E-state index is 5.68. The van der Waals surface area contributed by atoms with Crippen molar-refractivity contribution in [3.05, 3.63) is 33.5 Å². The summed E-state index contributed by atoms with van der Waals surface area (Å²) in [6.45, 7) is 7.72. The van der Waals surface area contributed by atoms with Crippen molar-refractivity contribution >= 4 is 28.4 Å². The molecule has 0 fully saturated rings. The number of rotatable bonds is 6. The van der Waals surface area contributed by atoms with E-state index in [1.165, 1.54) is 0 Å². The molecule has 0 spiro atoms. The summed E-state index contributed by atoms with van der Waals surface area (Å²) >= 11 is 2.28. The molecule has 0 saturated carbocycles. The number of aryl methyl sites for hydroxylation is 1. The number of nitrogens with zero attached hydrogens (tertiary/aromatic N) is 2. The molecule has 1 heterocycles. The first kappa shape index (κ1) is 16.0. The van der Waals surface area contributed by atoms with E-state index in [0.717, 1.165) is 51.8 Å². The first-order chi connectivity index (χ1) is 10.2. The predicted molar refractivity (Wildman–Crippen MR) is 94.9 cm³/mol. The van der Waals surface area contributed by atoms with Gasteiger partial charge >= 0.3 is 0 Å². The van der Waals surface area contributed by atoms with Crippen LogP contribution in [0.2, 0.25) is 0 Å². The van der Waals surface area contributed by atoms with Gasteiger partial charge in [-0.2, -0.15) is 0 Å². The first-order valence-corrected chi connectivity index (χ1v) is 8.24. The van der Waals surface area contributed by atoms with E-state index in [1.807, 2.05) is 31.2 Å². The van der Waals surface area contributed by atoms with Gasteiger partial charge in [0.1, 0.15) is 11.6 Å². The Kier molecular flexibility index (Phi) is 5.78. The fraction of sp³-hybridized carbons (Fsp3) is 0.375. The Morgan fingerprint density at radius 3 is 2.76 bits per heavy atom. The van der Waals surface area contributed by atoms with Crippen LogP contribution in [0.25, 0.3) is 11.4 Å². The zero-order valence-corrected chi connectivity index (χ0v) is 14.8. The number of ether oxygens (including phenoxy) is 1. The third-order valence-electron chi connectivity index (χ3n) is 2.93. The van der Waals surface area contributed by atoms with Crippen LogP contribution in [-0.4, -0.2) is 23.1 Å². The van der Waals surface area contributed by atoms with Crippen LogP contribution in [0.1, 0.15) is 26.0 Å². The average molecular weight is 397 g/mol. The molecule has 0 unspecified atom stereocenters. The fourth-order valence-electron chi connectivity index (χ4n) is 1.92. The number of halogens is 1. The van der Waals surface area contributed by atoms with Gasteiger partial charge in [0, 0.05) is 12.1 Å². The molecular formula is C16H20IN3O.